The molecule has 1 fully saturated rings. The van der Waals surface area contributed by atoms with Crippen molar-refractivity contribution in [3.8, 4) is 6.07 Å². The van der Waals surface area contributed by atoms with Gasteiger partial charge >= 0.3 is 0 Å². The maximum Gasteiger partial charge on any atom is 0.131 e. The van der Waals surface area contributed by atoms with Gasteiger partial charge in [0.1, 0.15) is 5.15 Å². The van der Waals surface area contributed by atoms with Gasteiger partial charge in [0, 0.05) is 19.0 Å². The van der Waals surface area contributed by atoms with Crippen molar-refractivity contribution in [3.63, 3.8) is 0 Å². The van der Waals surface area contributed by atoms with Gasteiger partial charge in [-0.05, 0) is 12.8 Å². The Morgan fingerprint density at radius 3 is 2.67 bits per heavy atom. The monoisotopic (exact) mass is 266 g/mol. The zero-order valence-corrected chi connectivity index (χ0v) is 11.4. The first kappa shape index (κ1) is 14.6. The second kappa shape index (κ2) is 7.78. The van der Waals surface area contributed by atoms with Crippen LogP contribution in [0.25, 0.3) is 0 Å². The van der Waals surface area contributed by atoms with Crippen molar-refractivity contribution >= 4 is 23.0 Å². The fourth-order valence-corrected chi connectivity index (χ4v) is 2.19. The molecule has 2 rings (SSSR count). The molecule has 0 spiro atoms. The molecule has 18 heavy (non-hydrogen) atoms. The number of aromatic nitrogens is 1. The van der Waals surface area contributed by atoms with E-state index in [0.29, 0.717) is 16.9 Å². The Balaban J connectivity index is 0.000000492. The highest BCUT2D eigenvalue weighted by Crippen LogP contribution is 2.26. The van der Waals surface area contributed by atoms with Crippen LogP contribution in [0.2, 0.25) is 5.15 Å². The van der Waals surface area contributed by atoms with Gasteiger partial charge in [-0.2, -0.15) is 5.26 Å². The zero-order chi connectivity index (χ0) is 13.4. The van der Waals surface area contributed by atoms with Crippen LogP contribution in [0.1, 0.15) is 39.0 Å². The number of nitriles is 1. The van der Waals surface area contributed by atoms with E-state index in [1.165, 1.54) is 39.0 Å². The summed E-state index contributed by atoms with van der Waals surface area (Å²) >= 11 is 5.83. The van der Waals surface area contributed by atoms with Crippen molar-refractivity contribution in [3.05, 3.63) is 17.4 Å². The highest BCUT2D eigenvalue weighted by atomic mass is 35.5. The SMILES string of the molecule is CC#N.Nc1cnc(Cl)cc1NC1CCCCC1. The summed E-state index contributed by atoms with van der Waals surface area (Å²) in [5.74, 6) is 0. The quantitative estimate of drug-likeness (QED) is 0.802. The fourth-order valence-electron chi connectivity index (χ4n) is 2.03. The highest BCUT2D eigenvalue weighted by molar-refractivity contribution is 6.29. The molecule has 1 aromatic heterocycles. The first-order valence-corrected chi connectivity index (χ1v) is 6.53. The Hall–Kier alpha value is -1.47. The van der Waals surface area contributed by atoms with E-state index in [-0.39, 0.29) is 0 Å². The van der Waals surface area contributed by atoms with Crippen molar-refractivity contribution in [1.29, 1.82) is 5.26 Å². The van der Waals surface area contributed by atoms with Crippen LogP contribution in [0, 0.1) is 11.3 Å². The normalized spacial score (nSPS) is 15.2. The number of nitrogens with two attached hydrogens (primary N) is 1. The Morgan fingerprint density at radius 2 is 2.06 bits per heavy atom. The van der Waals surface area contributed by atoms with Crippen LogP contribution in [-0.4, -0.2) is 11.0 Å². The molecule has 0 bridgehead atoms. The van der Waals surface area contributed by atoms with E-state index in [1.807, 2.05) is 0 Å². The molecule has 1 aliphatic carbocycles. The van der Waals surface area contributed by atoms with Gasteiger partial charge in [-0.25, -0.2) is 4.98 Å². The van der Waals surface area contributed by atoms with Crippen molar-refractivity contribution < 1.29 is 0 Å². The van der Waals surface area contributed by atoms with Crippen LogP contribution < -0.4 is 11.1 Å². The average molecular weight is 267 g/mol. The zero-order valence-electron chi connectivity index (χ0n) is 10.6. The lowest BCUT2D eigenvalue weighted by atomic mass is 9.95. The Bertz CT molecular complexity index is 408. The molecular formula is C13H19ClN4. The summed E-state index contributed by atoms with van der Waals surface area (Å²) in [5, 5.41) is 11.2. The number of nitrogens with one attached hydrogen (secondary N) is 1. The number of halogens is 1. The van der Waals surface area contributed by atoms with Crippen molar-refractivity contribution in [2.24, 2.45) is 0 Å². The maximum absolute atomic E-state index is 7.32. The predicted molar refractivity (Wildman–Crippen MR) is 75.4 cm³/mol. The maximum atomic E-state index is 7.32. The third kappa shape index (κ3) is 4.80. The fraction of sp³-hybridized carbons (Fsp3) is 0.538. The van der Waals surface area contributed by atoms with Crippen LogP contribution in [-0.2, 0) is 0 Å². The summed E-state index contributed by atoms with van der Waals surface area (Å²) in [7, 11) is 0. The summed E-state index contributed by atoms with van der Waals surface area (Å²) in [5.41, 5.74) is 7.41. The molecule has 98 valence electrons. The first-order chi connectivity index (χ1) is 8.67. The van der Waals surface area contributed by atoms with E-state index in [1.54, 1.807) is 18.3 Å². The van der Waals surface area contributed by atoms with Gasteiger partial charge < -0.3 is 11.1 Å². The molecule has 3 N–H and O–H groups in total. The summed E-state index contributed by atoms with van der Waals surface area (Å²) < 4.78 is 0. The lowest BCUT2D eigenvalue weighted by Crippen LogP contribution is -2.22. The molecule has 0 aromatic carbocycles. The summed E-state index contributed by atoms with van der Waals surface area (Å²) in [6.07, 6.45) is 8.00. The second-order valence-electron chi connectivity index (χ2n) is 4.30. The smallest absolute Gasteiger partial charge is 0.131 e. The van der Waals surface area contributed by atoms with Gasteiger partial charge in [-0.15, -0.1) is 0 Å². The number of hydrogen-bond acceptors (Lipinski definition) is 4. The standard InChI is InChI=1S/C11H16ClN3.C2H3N/c12-11-6-10(9(13)7-14-11)15-8-4-2-1-3-5-8;1-2-3/h6-8H,1-5,13H2,(H,14,15);1H3. The molecule has 0 atom stereocenters. The van der Waals surface area contributed by atoms with Crippen LogP contribution in [0.15, 0.2) is 12.3 Å². The molecule has 1 heterocycles. The minimum atomic E-state index is 0.488. The van der Waals surface area contributed by atoms with Gasteiger partial charge in [0.25, 0.3) is 0 Å². The summed E-state index contributed by atoms with van der Waals surface area (Å²) in [6, 6.07) is 4.09. The molecule has 5 heteroatoms. The average Bonchev–Trinajstić information content (AvgIpc) is 2.36. The van der Waals surface area contributed by atoms with Gasteiger partial charge in [0.15, 0.2) is 0 Å². The Labute approximate surface area is 113 Å². The van der Waals surface area contributed by atoms with Crippen LogP contribution in [0.4, 0.5) is 11.4 Å². The third-order valence-electron chi connectivity index (χ3n) is 2.87. The van der Waals surface area contributed by atoms with Crippen molar-refractivity contribution in [2.75, 3.05) is 11.1 Å². The molecule has 0 unspecified atom stereocenters. The highest BCUT2D eigenvalue weighted by Gasteiger charge is 2.14. The van der Waals surface area contributed by atoms with E-state index in [4.69, 9.17) is 22.6 Å². The molecule has 1 saturated carbocycles. The van der Waals surface area contributed by atoms with E-state index >= 15 is 0 Å². The number of hydrogen-bond donors (Lipinski definition) is 2. The summed E-state index contributed by atoms with van der Waals surface area (Å²) in [6.45, 7) is 1.43. The second-order valence-corrected chi connectivity index (χ2v) is 4.68. The third-order valence-corrected chi connectivity index (χ3v) is 3.07. The van der Waals surface area contributed by atoms with Gasteiger partial charge in [-0.1, -0.05) is 30.9 Å². The van der Waals surface area contributed by atoms with Crippen LogP contribution >= 0.6 is 11.6 Å². The molecule has 0 amide bonds. The van der Waals surface area contributed by atoms with Crippen molar-refractivity contribution in [1.82, 2.24) is 4.98 Å². The number of rotatable bonds is 2. The van der Waals surface area contributed by atoms with Crippen LogP contribution in [0.5, 0.6) is 0 Å². The molecule has 0 aliphatic heterocycles. The van der Waals surface area contributed by atoms with E-state index in [0.717, 1.165) is 5.69 Å². The number of pyridine rings is 1. The molecule has 0 saturated heterocycles. The molecule has 4 nitrogen and oxygen atoms in total. The molecule has 1 aliphatic rings. The molecular weight excluding hydrogens is 248 g/mol. The van der Waals surface area contributed by atoms with E-state index in [2.05, 4.69) is 10.3 Å². The van der Waals surface area contributed by atoms with Crippen LogP contribution in [0.3, 0.4) is 0 Å². The number of anilines is 2. The molecule has 0 radical (unpaired) electrons. The first-order valence-electron chi connectivity index (χ1n) is 6.15. The van der Waals surface area contributed by atoms with E-state index < -0.39 is 0 Å². The lowest BCUT2D eigenvalue weighted by molar-refractivity contribution is 0.463. The number of nitrogen functional groups attached to an aromatic ring is 1. The predicted octanol–water partition coefficient (Wildman–Crippen LogP) is 3.59. The van der Waals surface area contributed by atoms with Gasteiger partial charge in [0.05, 0.1) is 23.6 Å². The molecule has 1 aromatic rings. The topological polar surface area (TPSA) is 74.7 Å². The van der Waals surface area contributed by atoms with Crippen molar-refractivity contribution in [2.45, 2.75) is 45.1 Å². The summed E-state index contributed by atoms with van der Waals surface area (Å²) in [4.78, 5) is 3.93. The van der Waals surface area contributed by atoms with E-state index in [9.17, 15) is 0 Å². The Morgan fingerprint density at radius 1 is 1.44 bits per heavy atom. The number of nitrogens with zero attached hydrogens (tertiary/aromatic N) is 2. The van der Waals surface area contributed by atoms with Gasteiger partial charge in [0.2, 0.25) is 0 Å². The van der Waals surface area contributed by atoms with Gasteiger partial charge in [-0.3, -0.25) is 0 Å². The Kier molecular flexibility index (Phi) is 6.31. The minimum Gasteiger partial charge on any atom is -0.396 e. The largest absolute Gasteiger partial charge is 0.396 e. The minimum absolute atomic E-state index is 0.488. The lowest BCUT2D eigenvalue weighted by Gasteiger charge is -2.24.